The molecule has 5 nitrogen and oxygen atoms in total. The number of amides is 1. The highest BCUT2D eigenvalue weighted by atomic mass is 16.5. The summed E-state index contributed by atoms with van der Waals surface area (Å²) >= 11 is 0. The highest BCUT2D eigenvalue weighted by Gasteiger charge is 2.02. The van der Waals surface area contributed by atoms with E-state index in [-0.39, 0.29) is 18.9 Å². The van der Waals surface area contributed by atoms with Crippen LogP contribution in [0.15, 0.2) is 0 Å². The molecule has 0 heterocycles. The van der Waals surface area contributed by atoms with Crippen LogP contribution in [0.1, 0.15) is 13.3 Å². The van der Waals surface area contributed by atoms with Gasteiger partial charge in [0.15, 0.2) is 6.29 Å². The first-order valence-electron chi connectivity index (χ1n) is 3.87. The number of hydrogen-bond donors (Lipinski definition) is 3. The fourth-order valence-electron chi connectivity index (χ4n) is 0.603. The third kappa shape index (κ3) is 7.46. The van der Waals surface area contributed by atoms with Gasteiger partial charge in [-0.25, -0.2) is 0 Å². The third-order valence-corrected chi connectivity index (χ3v) is 1.16. The summed E-state index contributed by atoms with van der Waals surface area (Å²) in [6.07, 6.45) is -1.23. The Bertz CT molecular complexity index is 127. The van der Waals surface area contributed by atoms with Crippen LogP contribution >= 0.6 is 0 Å². The monoisotopic (exact) mass is 177 g/mol. The predicted molar refractivity (Wildman–Crippen MR) is 42.3 cm³/mol. The van der Waals surface area contributed by atoms with Gasteiger partial charge in [0.2, 0.25) is 5.91 Å². The van der Waals surface area contributed by atoms with Crippen LogP contribution in [0.4, 0.5) is 0 Å². The average Bonchev–Trinajstić information content (AvgIpc) is 2.01. The zero-order valence-electron chi connectivity index (χ0n) is 7.12. The lowest BCUT2D eigenvalue weighted by molar-refractivity contribution is -0.124. The van der Waals surface area contributed by atoms with Crippen LogP contribution in [0.3, 0.4) is 0 Å². The van der Waals surface area contributed by atoms with E-state index in [1.54, 1.807) is 0 Å². The molecule has 12 heavy (non-hydrogen) atoms. The van der Waals surface area contributed by atoms with Gasteiger partial charge in [-0.1, -0.05) is 0 Å². The molecule has 0 saturated heterocycles. The Morgan fingerprint density at radius 1 is 1.58 bits per heavy atom. The Labute approximate surface area is 71.3 Å². The van der Waals surface area contributed by atoms with Crippen molar-refractivity contribution in [2.75, 3.05) is 19.8 Å². The summed E-state index contributed by atoms with van der Waals surface area (Å²) in [6, 6.07) is 0. The number of aliphatic hydroxyl groups is 2. The molecule has 0 unspecified atom stereocenters. The molecule has 0 aliphatic rings. The second-order valence-corrected chi connectivity index (χ2v) is 2.23. The van der Waals surface area contributed by atoms with E-state index in [2.05, 4.69) is 5.32 Å². The molecule has 0 atom stereocenters. The number of nitrogens with one attached hydrogen (secondary N) is 1. The van der Waals surface area contributed by atoms with E-state index in [4.69, 9.17) is 14.9 Å². The van der Waals surface area contributed by atoms with Crippen molar-refractivity contribution < 1.29 is 19.7 Å². The summed E-state index contributed by atoms with van der Waals surface area (Å²) in [5.74, 6) is -0.239. The van der Waals surface area contributed by atoms with Gasteiger partial charge in [-0.3, -0.25) is 4.79 Å². The van der Waals surface area contributed by atoms with Gasteiger partial charge in [-0.15, -0.1) is 0 Å². The van der Waals surface area contributed by atoms with E-state index in [0.29, 0.717) is 13.2 Å². The summed E-state index contributed by atoms with van der Waals surface area (Å²) in [5, 5.41) is 19.1. The standard InChI is InChI=1S/C7H15NO4/c1-2-12-4-3-6(9)8-5-7(10)11/h7,10-11H,2-5H2,1H3,(H,8,9). The number of carbonyl (C=O) groups is 1. The van der Waals surface area contributed by atoms with Crippen molar-refractivity contribution in [2.24, 2.45) is 0 Å². The van der Waals surface area contributed by atoms with Crippen molar-refractivity contribution in [3.05, 3.63) is 0 Å². The Hall–Kier alpha value is -0.650. The lowest BCUT2D eigenvalue weighted by Crippen LogP contribution is -2.32. The first-order valence-corrected chi connectivity index (χ1v) is 3.87. The van der Waals surface area contributed by atoms with E-state index < -0.39 is 6.29 Å². The molecule has 0 rings (SSSR count). The third-order valence-electron chi connectivity index (χ3n) is 1.16. The number of hydrogen-bond acceptors (Lipinski definition) is 4. The molecular weight excluding hydrogens is 162 g/mol. The molecule has 0 spiro atoms. The number of ether oxygens (including phenoxy) is 1. The first-order chi connectivity index (χ1) is 5.66. The van der Waals surface area contributed by atoms with Gasteiger partial charge in [0.05, 0.1) is 13.2 Å². The van der Waals surface area contributed by atoms with Crippen LogP contribution in [0, 0.1) is 0 Å². The Balaban J connectivity index is 3.22. The van der Waals surface area contributed by atoms with Gasteiger partial charge in [0.1, 0.15) is 0 Å². The predicted octanol–water partition coefficient (Wildman–Crippen LogP) is -1.16. The quantitative estimate of drug-likeness (QED) is 0.353. The molecule has 0 saturated carbocycles. The van der Waals surface area contributed by atoms with E-state index in [1.165, 1.54) is 0 Å². The van der Waals surface area contributed by atoms with Gasteiger partial charge >= 0.3 is 0 Å². The van der Waals surface area contributed by atoms with E-state index in [1.807, 2.05) is 6.92 Å². The van der Waals surface area contributed by atoms with E-state index in [9.17, 15) is 4.79 Å². The van der Waals surface area contributed by atoms with E-state index in [0.717, 1.165) is 0 Å². The van der Waals surface area contributed by atoms with Crippen molar-refractivity contribution in [1.29, 1.82) is 0 Å². The minimum Gasteiger partial charge on any atom is -0.381 e. The molecule has 3 N–H and O–H groups in total. The molecule has 0 aromatic carbocycles. The molecular formula is C7H15NO4. The van der Waals surface area contributed by atoms with Crippen LogP contribution in [0.2, 0.25) is 0 Å². The SMILES string of the molecule is CCOCCC(=O)NCC(O)O. The van der Waals surface area contributed by atoms with Crippen molar-refractivity contribution in [3.8, 4) is 0 Å². The summed E-state index contributed by atoms with van der Waals surface area (Å²) in [6.45, 7) is 2.65. The van der Waals surface area contributed by atoms with Crippen LogP contribution < -0.4 is 5.32 Å². The fourth-order valence-corrected chi connectivity index (χ4v) is 0.603. The molecule has 0 fully saturated rings. The molecule has 0 aliphatic carbocycles. The van der Waals surface area contributed by atoms with Crippen LogP contribution in [-0.2, 0) is 9.53 Å². The van der Waals surface area contributed by atoms with Crippen LogP contribution in [0.25, 0.3) is 0 Å². The minimum absolute atomic E-state index is 0.134. The van der Waals surface area contributed by atoms with Crippen LogP contribution in [0.5, 0.6) is 0 Å². The Morgan fingerprint density at radius 3 is 2.75 bits per heavy atom. The maximum Gasteiger partial charge on any atom is 0.222 e. The Kier molecular flexibility index (Phi) is 6.64. The Morgan fingerprint density at radius 2 is 2.25 bits per heavy atom. The molecule has 0 aliphatic heterocycles. The largest absolute Gasteiger partial charge is 0.381 e. The maximum atomic E-state index is 10.8. The second kappa shape index (κ2) is 7.02. The topological polar surface area (TPSA) is 78.8 Å². The average molecular weight is 177 g/mol. The summed E-state index contributed by atoms with van der Waals surface area (Å²) in [4.78, 5) is 10.8. The fraction of sp³-hybridized carbons (Fsp3) is 0.857. The summed E-state index contributed by atoms with van der Waals surface area (Å²) < 4.78 is 4.93. The number of aliphatic hydroxyl groups excluding tert-OH is 1. The van der Waals surface area contributed by atoms with Crippen molar-refractivity contribution in [2.45, 2.75) is 19.6 Å². The zero-order valence-corrected chi connectivity index (χ0v) is 7.12. The smallest absolute Gasteiger partial charge is 0.222 e. The molecule has 5 heteroatoms. The number of carbonyl (C=O) groups excluding carboxylic acids is 1. The van der Waals surface area contributed by atoms with Crippen LogP contribution in [-0.4, -0.2) is 42.2 Å². The highest BCUT2D eigenvalue weighted by Crippen LogP contribution is 1.82. The summed E-state index contributed by atoms with van der Waals surface area (Å²) in [7, 11) is 0. The van der Waals surface area contributed by atoms with Crippen molar-refractivity contribution in [3.63, 3.8) is 0 Å². The second-order valence-electron chi connectivity index (χ2n) is 2.23. The molecule has 72 valence electrons. The minimum atomic E-state index is -1.49. The normalized spacial score (nSPS) is 10.3. The molecule has 0 aromatic rings. The van der Waals surface area contributed by atoms with Crippen molar-refractivity contribution in [1.82, 2.24) is 5.32 Å². The molecule has 0 bridgehead atoms. The molecule has 0 radical (unpaired) electrons. The lowest BCUT2D eigenvalue weighted by atomic mass is 10.4. The molecule has 1 amide bonds. The van der Waals surface area contributed by atoms with Gasteiger partial charge in [-0.05, 0) is 6.92 Å². The van der Waals surface area contributed by atoms with Gasteiger partial charge in [-0.2, -0.15) is 0 Å². The van der Waals surface area contributed by atoms with Gasteiger partial charge < -0.3 is 20.3 Å². The zero-order chi connectivity index (χ0) is 9.40. The first kappa shape index (κ1) is 11.4. The molecule has 0 aromatic heterocycles. The highest BCUT2D eigenvalue weighted by molar-refractivity contribution is 5.75. The van der Waals surface area contributed by atoms with Gasteiger partial charge in [0.25, 0.3) is 0 Å². The van der Waals surface area contributed by atoms with E-state index >= 15 is 0 Å². The van der Waals surface area contributed by atoms with Gasteiger partial charge in [0, 0.05) is 13.0 Å². The lowest BCUT2D eigenvalue weighted by Gasteiger charge is -2.05. The van der Waals surface area contributed by atoms with Crippen molar-refractivity contribution >= 4 is 5.91 Å². The summed E-state index contributed by atoms with van der Waals surface area (Å²) in [5.41, 5.74) is 0. The maximum absolute atomic E-state index is 10.8. The number of rotatable bonds is 6.